The summed E-state index contributed by atoms with van der Waals surface area (Å²) in [7, 11) is 0. The van der Waals surface area contributed by atoms with Crippen LogP contribution in [0.5, 0.6) is 0 Å². The van der Waals surface area contributed by atoms with Crippen LogP contribution >= 0.6 is 0 Å². The van der Waals surface area contributed by atoms with Crippen molar-refractivity contribution in [2.75, 3.05) is 97.3 Å². The summed E-state index contributed by atoms with van der Waals surface area (Å²) >= 11 is 0. The maximum absolute atomic E-state index is 6.01. The van der Waals surface area contributed by atoms with Crippen molar-refractivity contribution in [1.29, 1.82) is 0 Å². The van der Waals surface area contributed by atoms with E-state index in [1.165, 1.54) is 33.9 Å². The number of benzene rings is 2. The molecule has 0 spiro atoms. The van der Waals surface area contributed by atoms with E-state index in [1.807, 2.05) is 0 Å². The second-order valence-electron chi connectivity index (χ2n) is 12.8. The van der Waals surface area contributed by atoms with Crippen LogP contribution in [0, 0.1) is 24.7 Å². The van der Waals surface area contributed by atoms with Crippen LogP contribution in [0.25, 0.3) is 0 Å². The first kappa shape index (κ1) is 41.0. The molecule has 0 radical (unpaired) electrons. The number of allylic oxidation sites excluding steroid dienone is 4. The molecule has 2 heterocycles. The number of para-hydroxylation sites is 2. The highest BCUT2D eigenvalue weighted by molar-refractivity contribution is 6.03. The minimum absolute atomic E-state index is 0. The van der Waals surface area contributed by atoms with Crippen LogP contribution in [0.15, 0.2) is 72.5 Å². The van der Waals surface area contributed by atoms with Gasteiger partial charge in [0.25, 0.3) is 0 Å². The van der Waals surface area contributed by atoms with E-state index in [0.29, 0.717) is 79.3 Å². The predicted octanol–water partition coefficient (Wildman–Crippen LogP) is 2.67. The zero-order valence-corrected chi connectivity index (χ0v) is 30.9. The quantitative estimate of drug-likeness (QED) is 0.106. The van der Waals surface area contributed by atoms with Crippen molar-refractivity contribution >= 4 is 17.1 Å². The summed E-state index contributed by atoms with van der Waals surface area (Å²) < 4.78 is 36.0. The Bertz CT molecular complexity index is 1530. The second-order valence-corrected chi connectivity index (χ2v) is 12.8. The Morgan fingerprint density at radius 1 is 0.660 bits per heavy atom. The zero-order valence-electron chi connectivity index (χ0n) is 30.1. The van der Waals surface area contributed by atoms with Crippen molar-refractivity contribution in [3.8, 4) is 24.7 Å². The van der Waals surface area contributed by atoms with Gasteiger partial charge in [-0.05, 0) is 31.6 Å². The minimum Gasteiger partial charge on any atom is -1.00 e. The first-order valence-corrected chi connectivity index (χ1v) is 17.2. The molecule has 0 unspecified atom stereocenters. The molecule has 0 aromatic heterocycles. The van der Waals surface area contributed by atoms with Gasteiger partial charge in [0, 0.05) is 41.1 Å². The van der Waals surface area contributed by atoms with Crippen molar-refractivity contribution in [2.24, 2.45) is 0 Å². The number of terminal acetylenes is 2. The molecule has 50 heavy (non-hydrogen) atoms. The van der Waals surface area contributed by atoms with E-state index < -0.39 is 0 Å². The molecule has 0 bridgehead atoms. The van der Waals surface area contributed by atoms with Gasteiger partial charge in [-0.2, -0.15) is 4.58 Å². The molecule has 4 rings (SSSR count). The Morgan fingerprint density at radius 3 is 1.80 bits per heavy atom. The van der Waals surface area contributed by atoms with Crippen molar-refractivity contribution in [1.82, 2.24) is 0 Å². The number of rotatable bonds is 22. The summed E-state index contributed by atoms with van der Waals surface area (Å²) in [6.07, 6.45) is 17.2. The lowest BCUT2D eigenvalue weighted by Crippen LogP contribution is -3.00. The Kier molecular flexibility index (Phi) is 17.3. The summed E-state index contributed by atoms with van der Waals surface area (Å²) in [5, 5.41) is 0. The van der Waals surface area contributed by atoms with Crippen molar-refractivity contribution < 1.29 is 45.4 Å². The smallest absolute Gasteiger partial charge is 0.209 e. The fourth-order valence-electron chi connectivity index (χ4n) is 6.45. The van der Waals surface area contributed by atoms with Gasteiger partial charge in [-0.15, -0.1) is 12.8 Å². The summed E-state index contributed by atoms with van der Waals surface area (Å²) in [6, 6.07) is 17.3. The SMILES string of the molecule is C#CCOCCOCCOCCOCC[N+]1=C(/C=C/C=C2/N(CCOCCOCC#C)c3ccccc3C2(C)C)C(C)(C)c2ccccc21.[Cl-]. The molecule has 0 amide bonds. The van der Waals surface area contributed by atoms with E-state index in [-0.39, 0.29) is 23.2 Å². The van der Waals surface area contributed by atoms with Gasteiger partial charge in [-0.3, -0.25) is 0 Å². The number of halogens is 1. The molecular formula is C41H53ClN2O6. The Balaban J connectivity index is 0.00000676. The summed E-state index contributed by atoms with van der Waals surface area (Å²) in [4.78, 5) is 2.39. The molecule has 2 aromatic carbocycles. The van der Waals surface area contributed by atoms with E-state index in [2.05, 4.69) is 116 Å². The maximum Gasteiger partial charge on any atom is 0.209 e. The van der Waals surface area contributed by atoms with E-state index >= 15 is 0 Å². The molecule has 0 saturated carbocycles. The standard InChI is InChI=1S/C41H53N2O6.ClH/c1-7-22-44-26-28-46-24-20-42-36-16-11-9-14-34(36)40(3,4)38(42)18-13-19-39-41(5,6)35-15-10-12-17-37(35)43(39)21-25-47-29-31-49-33-32-48-30-27-45-23-8-2;/h1-2,9-19H,20-33H2,3-6H3;1H/q+1;/p-1. The zero-order chi connectivity index (χ0) is 35.0. The molecule has 270 valence electrons. The number of fused-ring (bicyclic) bond motifs is 2. The molecule has 0 atom stereocenters. The number of hydrogen-bond donors (Lipinski definition) is 0. The Morgan fingerprint density at radius 2 is 1.18 bits per heavy atom. The molecular weight excluding hydrogens is 652 g/mol. The van der Waals surface area contributed by atoms with E-state index in [9.17, 15) is 0 Å². The normalized spacial score (nSPS) is 16.4. The molecule has 0 saturated heterocycles. The van der Waals surface area contributed by atoms with Gasteiger partial charge in [-0.25, -0.2) is 0 Å². The summed E-state index contributed by atoms with van der Waals surface area (Å²) in [5.74, 6) is 4.92. The average Bonchev–Trinajstić information content (AvgIpc) is 3.45. The van der Waals surface area contributed by atoms with Gasteiger partial charge < -0.3 is 45.7 Å². The molecule has 0 fully saturated rings. The Labute approximate surface area is 305 Å². The lowest BCUT2D eigenvalue weighted by atomic mass is 9.81. The van der Waals surface area contributed by atoms with Crippen LogP contribution in [0.4, 0.5) is 11.4 Å². The van der Waals surface area contributed by atoms with Gasteiger partial charge in [0.05, 0.1) is 64.9 Å². The fraction of sp³-hybridized carbons (Fsp3) is 0.488. The van der Waals surface area contributed by atoms with Crippen molar-refractivity contribution in [3.05, 3.63) is 83.6 Å². The van der Waals surface area contributed by atoms with Gasteiger partial charge in [0.2, 0.25) is 5.69 Å². The number of ether oxygens (including phenoxy) is 6. The third-order valence-corrected chi connectivity index (χ3v) is 8.88. The molecule has 2 aliphatic rings. The van der Waals surface area contributed by atoms with Gasteiger partial charge >= 0.3 is 0 Å². The first-order valence-electron chi connectivity index (χ1n) is 17.2. The predicted molar refractivity (Wildman–Crippen MR) is 196 cm³/mol. The highest BCUT2D eigenvalue weighted by Gasteiger charge is 2.44. The number of anilines is 1. The monoisotopic (exact) mass is 704 g/mol. The molecule has 9 heteroatoms. The molecule has 8 nitrogen and oxygen atoms in total. The van der Waals surface area contributed by atoms with Crippen LogP contribution in [-0.4, -0.2) is 103 Å². The van der Waals surface area contributed by atoms with Crippen LogP contribution < -0.4 is 17.3 Å². The highest BCUT2D eigenvalue weighted by Crippen LogP contribution is 2.47. The maximum atomic E-state index is 6.01. The van der Waals surface area contributed by atoms with E-state index in [4.69, 9.17) is 41.3 Å². The van der Waals surface area contributed by atoms with E-state index in [1.54, 1.807) is 0 Å². The number of hydrogen-bond acceptors (Lipinski definition) is 7. The van der Waals surface area contributed by atoms with Crippen molar-refractivity contribution in [3.63, 3.8) is 0 Å². The molecule has 0 N–H and O–H groups in total. The van der Waals surface area contributed by atoms with Crippen LogP contribution in [-0.2, 0) is 39.3 Å². The first-order chi connectivity index (χ1) is 23.8. The third-order valence-electron chi connectivity index (χ3n) is 8.88. The lowest BCUT2D eigenvalue weighted by Gasteiger charge is -2.27. The van der Waals surface area contributed by atoms with Gasteiger partial charge in [-0.1, -0.05) is 68.2 Å². The van der Waals surface area contributed by atoms with Crippen LogP contribution in [0.2, 0.25) is 0 Å². The van der Waals surface area contributed by atoms with Crippen LogP contribution in [0.1, 0.15) is 38.8 Å². The minimum atomic E-state index is -0.163. The summed E-state index contributed by atoms with van der Waals surface area (Å²) in [6.45, 7) is 16.5. The van der Waals surface area contributed by atoms with Crippen molar-refractivity contribution in [2.45, 2.75) is 38.5 Å². The Hall–Kier alpha value is -3.44. The lowest BCUT2D eigenvalue weighted by molar-refractivity contribution is -0.442. The van der Waals surface area contributed by atoms with E-state index in [0.717, 1.165) is 13.1 Å². The van der Waals surface area contributed by atoms with Crippen LogP contribution in [0.3, 0.4) is 0 Å². The number of nitrogens with zero attached hydrogens (tertiary/aromatic N) is 2. The summed E-state index contributed by atoms with van der Waals surface area (Å²) in [5.41, 5.74) is 7.23. The fourth-order valence-corrected chi connectivity index (χ4v) is 6.45. The third kappa shape index (κ3) is 10.8. The second kappa shape index (κ2) is 21.0. The van der Waals surface area contributed by atoms with Gasteiger partial charge in [0.15, 0.2) is 12.3 Å². The topological polar surface area (TPSA) is 61.6 Å². The average molecular weight is 705 g/mol. The largest absolute Gasteiger partial charge is 1.00 e. The molecule has 2 aliphatic heterocycles. The highest BCUT2D eigenvalue weighted by atomic mass is 35.5. The molecule has 2 aromatic rings. The van der Waals surface area contributed by atoms with Gasteiger partial charge in [0.1, 0.15) is 19.8 Å². The molecule has 0 aliphatic carbocycles.